The maximum atomic E-state index is 11.1. The predicted octanol–water partition coefficient (Wildman–Crippen LogP) is 7.18. The zero-order chi connectivity index (χ0) is 27.9. The molecule has 37 heavy (non-hydrogen) atoms. The van der Waals surface area contributed by atoms with Crippen LogP contribution < -0.4 is 0 Å². The molecule has 2 unspecified atom stereocenters. The molecular weight excluding hydrogens is 468 g/mol. The number of carbonyl (C=O) groups excluding carboxylic acids is 2. The van der Waals surface area contributed by atoms with Crippen molar-refractivity contribution in [2.24, 2.45) is 0 Å². The van der Waals surface area contributed by atoms with E-state index in [9.17, 15) is 9.59 Å². The highest BCUT2D eigenvalue weighted by Crippen LogP contribution is 2.21. The lowest BCUT2D eigenvalue weighted by molar-refractivity contribution is -0.141. The first-order valence-electron chi connectivity index (χ1n) is 12.9. The first-order chi connectivity index (χ1) is 17.9. The number of esters is 2. The molecule has 0 aliphatic rings. The molecule has 6 heteroatoms. The molecule has 0 aromatic heterocycles. The summed E-state index contributed by atoms with van der Waals surface area (Å²) < 4.78 is 21.2. The number of carbonyl (C=O) groups is 2. The second kappa shape index (κ2) is 22.0. The molecule has 0 bridgehead atoms. The zero-order valence-electron chi connectivity index (χ0n) is 23.1. The van der Waals surface area contributed by atoms with Crippen molar-refractivity contribution in [3.8, 4) is 0 Å². The lowest BCUT2D eigenvalue weighted by atomic mass is 10.1. The van der Waals surface area contributed by atoms with Crippen molar-refractivity contribution in [1.82, 2.24) is 0 Å². The summed E-state index contributed by atoms with van der Waals surface area (Å²) in [6.45, 7) is 17.9. The summed E-state index contributed by atoms with van der Waals surface area (Å²) in [5, 5.41) is 0. The third-order valence-corrected chi connectivity index (χ3v) is 4.88. The fourth-order valence-electron chi connectivity index (χ4n) is 3.07. The Balaban J connectivity index is 0.000000657. The Hall–Kier alpha value is -3.22. The van der Waals surface area contributed by atoms with Crippen LogP contribution in [0, 0.1) is 0 Å². The molecule has 204 valence electrons. The smallest absolute Gasteiger partial charge is 0.333 e. The highest BCUT2D eigenvalue weighted by atomic mass is 16.6. The van der Waals surface area contributed by atoms with Crippen LogP contribution in [0.5, 0.6) is 0 Å². The monoisotopic (exact) mass is 512 g/mol. The second-order valence-electron chi connectivity index (χ2n) is 7.64. The van der Waals surface area contributed by atoms with E-state index in [0.717, 1.165) is 30.0 Å². The second-order valence-corrected chi connectivity index (χ2v) is 7.64. The SMILES string of the molecule is C=C(C)C(=O)OCCOC(CC)c1ccccc1.C=CC(=O)OCCOC(CC)c1ccccc1.CC. The molecule has 0 saturated carbocycles. The van der Waals surface area contributed by atoms with E-state index in [-0.39, 0.29) is 31.4 Å². The van der Waals surface area contributed by atoms with Crippen LogP contribution in [0.4, 0.5) is 0 Å². The molecule has 0 heterocycles. The molecule has 2 aromatic carbocycles. The Bertz CT molecular complexity index is 879. The van der Waals surface area contributed by atoms with E-state index >= 15 is 0 Å². The predicted molar refractivity (Wildman–Crippen MR) is 149 cm³/mol. The highest BCUT2D eigenvalue weighted by Gasteiger charge is 2.10. The van der Waals surface area contributed by atoms with Crippen molar-refractivity contribution >= 4 is 11.9 Å². The minimum absolute atomic E-state index is 0.0507. The fourth-order valence-corrected chi connectivity index (χ4v) is 3.07. The molecule has 2 rings (SSSR count). The van der Waals surface area contributed by atoms with Crippen molar-refractivity contribution in [2.45, 2.75) is 59.7 Å². The molecule has 0 radical (unpaired) electrons. The molecule has 2 atom stereocenters. The Morgan fingerprint density at radius 1 is 0.757 bits per heavy atom. The summed E-state index contributed by atoms with van der Waals surface area (Å²) in [6, 6.07) is 20.0. The van der Waals surface area contributed by atoms with Crippen LogP contribution in [0.1, 0.15) is 70.8 Å². The Kier molecular flexibility index (Phi) is 20.1. The first-order valence-corrected chi connectivity index (χ1v) is 12.9. The van der Waals surface area contributed by atoms with Crippen LogP contribution in [-0.4, -0.2) is 38.4 Å². The molecule has 0 N–H and O–H groups in total. The van der Waals surface area contributed by atoms with E-state index < -0.39 is 5.97 Å². The average Bonchev–Trinajstić information content (AvgIpc) is 2.95. The minimum atomic E-state index is -0.415. The van der Waals surface area contributed by atoms with Gasteiger partial charge in [-0.05, 0) is 30.9 Å². The van der Waals surface area contributed by atoms with Gasteiger partial charge in [0.05, 0.1) is 25.4 Å². The summed E-state index contributed by atoms with van der Waals surface area (Å²) in [4.78, 5) is 21.9. The maximum Gasteiger partial charge on any atom is 0.333 e. The molecule has 0 fully saturated rings. The quantitative estimate of drug-likeness (QED) is 0.152. The lowest BCUT2D eigenvalue weighted by Crippen LogP contribution is -2.13. The molecule has 0 amide bonds. The highest BCUT2D eigenvalue weighted by molar-refractivity contribution is 5.86. The van der Waals surface area contributed by atoms with Gasteiger partial charge < -0.3 is 18.9 Å². The van der Waals surface area contributed by atoms with Gasteiger partial charge in [0.25, 0.3) is 0 Å². The third-order valence-electron chi connectivity index (χ3n) is 4.88. The zero-order valence-corrected chi connectivity index (χ0v) is 23.1. The van der Waals surface area contributed by atoms with Gasteiger partial charge in [0.15, 0.2) is 0 Å². The summed E-state index contributed by atoms with van der Waals surface area (Å²) >= 11 is 0. The summed E-state index contributed by atoms with van der Waals surface area (Å²) in [6.07, 6.45) is 3.03. The fraction of sp³-hybridized carbons (Fsp3) is 0.419. The van der Waals surface area contributed by atoms with E-state index in [4.69, 9.17) is 18.9 Å². The normalized spacial score (nSPS) is 11.4. The number of hydrogen-bond acceptors (Lipinski definition) is 6. The molecule has 2 aromatic rings. The van der Waals surface area contributed by atoms with Crippen molar-refractivity contribution in [3.63, 3.8) is 0 Å². The standard InChI is InChI=1S/C15H20O3.C14H18O3.C2H6/c1-4-14(13-8-6-5-7-9-13)17-10-11-18-15(16)12(2)3;1-3-13(12-8-6-5-7-9-12)16-10-11-17-14(15)4-2;1-2/h5-9,14H,2,4,10-11H2,1,3H3;4-9,13H,2-3,10-11H2,1H3;1-2H3. The van der Waals surface area contributed by atoms with E-state index in [1.807, 2.05) is 74.5 Å². The van der Waals surface area contributed by atoms with Crippen molar-refractivity contribution in [2.75, 3.05) is 26.4 Å². The van der Waals surface area contributed by atoms with E-state index in [1.165, 1.54) is 0 Å². The van der Waals surface area contributed by atoms with Crippen molar-refractivity contribution in [3.05, 3.63) is 96.6 Å². The Morgan fingerprint density at radius 3 is 1.51 bits per heavy atom. The minimum Gasteiger partial charge on any atom is -0.460 e. The molecular formula is C31H44O6. The average molecular weight is 513 g/mol. The van der Waals surface area contributed by atoms with Gasteiger partial charge in [0.2, 0.25) is 0 Å². The third kappa shape index (κ3) is 15.5. The lowest BCUT2D eigenvalue weighted by Gasteiger charge is -2.16. The van der Waals surface area contributed by atoms with Crippen molar-refractivity contribution in [1.29, 1.82) is 0 Å². The van der Waals surface area contributed by atoms with Crippen LogP contribution in [0.3, 0.4) is 0 Å². The van der Waals surface area contributed by atoms with Gasteiger partial charge in [-0.2, -0.15) is 0 Å². The topological polar surface area (TPSA) is 71.1 Å². The number of benzene rings is 2. The first kappa shape index (κ1) is 33.8. The van der Waals surface area contributed by atoms with Gasteiger partial charge in [-0.15, -0.1) is 0 Å². The van der Waals surface area contributed by atoms with Crippen LogP contribution in [0.25, 0.3) is 0 Å². The van der Waals surface area contributed by atoms with E-state index in [0.29, 0.717) is 18.8 Å². The largest absolute Gasteiger partial charge is 0.460 e. The van der Waals surface area contributed by atoms with Gasteiger partial charge >= 0.3 is 11.9 Å². The molecule has 0 aliphatic carbocycles. The van der Waals surface area contributed by atoms with Crippen LogP contribution in [-0.2, 0) is 28.5 Å². The molecule has 0 aliphatic heterocycles. The van der Waals surface area contributed by atoms with Crippen LogP contribution >= 0.6 is 0 Å². The molecule has 0 saturated heterocycles. The summed E-state index contributed by atoms with van der Waals surface area (Å²) in [7, 11) is 0. The van der Waals surface area contributed by atoms with Crippen molar-refractivity contribution < 1.29 is 28.5 Å². The van der Waals surface area contributed by atoms with Crippen LogP contribution in [0.15, 0.2) is 85.5 Å². The summed E-state index contributed by atoms with van der Waals surface area (Å²) in [5.74, 6) is -0.785. The van der Waals surface area contributed by atoms with Gasteiger partial charge in [0, 0.05) is 11.6 Å². The number of rotatable bonds is 14. The van der Waals surface area contributed by atoms with Gasteiger partial charge in [-0.1, -0.05) is 102 Å². The van der Waals surface area contributed by atoms with Crippen LogP contribution in [0.2, 0.25) is 0 Å². The molecule has 6 nitrogen and oxygen atoms in total. The number of ether oxygens (including phenoxy) is 4. The Morgan fingerprint density at radius 2 is 1.16 bits per heavy atom. The van der Waals surface area contributed by atoms with Gasteiger partial charge in [-0.25, -0.2) is 9.59 Å². The van der Waals surface area contributed by atoms with E-state index in [1.54, 1.807) is 6.92 Å². The molecule has 0 spiro atoms. The van der Waals surface area contributed by atoms with Gasteiger partial charge in [0.1, 0.15) is 13.2 Å². The Labute approximate surface area is 223 Å². The summed E-state index contributed by atoms with van der Waals surface area (Å²) in [5.41, 5.74) is 2.70. The van der Waals surface area contributed by atoms with Gasteiger partial charge in [-0.3, -0.25) is 0 Å². The number of hydrogen-bond donors (Lipinski definition) is 0. The van der Waals surface area contributed by atoms with E-state index in [2.05, 4.69) is 27.0 Å². The maximum absolute atomic E-state index is 11.1.